The van der Waals surface area contributed by atoms with E-state index in [1.54, 1.807) is 6.92 Å². The maximum Gasteiger partial charge on any atom is 0.302 e. The summed E-state index contributed by atoms with van der Waals surface area (Å²) in [6, 6.07) is 0. The Balaban J connectivity index is 1.43. The number of ether oxygens (including phenoxy) is 2. The molecule has 8 atom stereocenters. The lowest BCUT2D eigenvalue weighted by Crippen LogP contribution is -2.58. The average Bonchev–Trinajstić information content (AvgIpc) is 3.15. The normalized spacial score (nSPS) is 52.6. The predicted octanol–water partition coefficient (Wildman–Crippen LogP) is 4.22. The van der Waals surface area contributed by atoms with Crippen LogP contribution in [0, 0.1) is 28.6 Å². The largest absolute Gasteiger partial charge is 0.462 e. The molecule has 5 aliphatic rings. The standard InChI is InChI=1S/C23H32O4/c1-13(24)17-5-6-18-16-11-20-23(27-20)12-15(26-14(2)25)7-10-22(23,4)19(16)8-9-21(17,18)3/h5,15-16,18-20H,6-12H2,1-4H3/t15?,16-,18-,19-,20?,21+,22+,23?/m0/s1. The molecule has 4 aliphatic carbocycles. The molecule has 4 fully saturated rings. The average molecular weight is 373 g/mol. The summed E-state index contributed by atoms with van der Waals surface area (Å²) >= 11 is 0. The molecule has 1 saturated heterocycles. The summed E-state index contributed by atoms with van der Waals surface area (Å²) in [7, 11) is 0. The summed E-state index contributed by atoms with van der Waals surface area (Å²) < 4.78 is 12.0. The summed E-state index contributed by atoms with van der Waals surface area (Å²) in [5, 5.41) is 0. The van der Waals surface area contributed by atoms with E-state index in [1.807, 2.05) is 0 Å². The van der Waals surface area contributed by atoms with E-state index in [-0.39, 0.29) is 34.3 Å². The zero-order chi connectivity index (χ0) is 19.2. The molecule has 0 radical (unpaired) electrons. The lowest BCUT2D eigenvalue weighted by molar-refractivity contribution is -0.156. The molecule has 0 N–H and O–H groups in total. The topological polar surface area (TPSA) is 55.9 Å². The molecule has 0 amide bonds. The molecule has 27 heavy (non-hydrogen) atoms. The van der Waals surface area contributed by atoms with Crippen LogP contribution in [0.4, 0.5) is 0 Å². The quantitative estimate of drug-likeness (QED) is 0.538. The third-order valence-electron chi connectivity index (χ3n) is 9.33. The number of fused-ring (bicyclic) bond motifs is 4. The van der Waals surface area contributed by atoms with Crippen LogP contribution in [0.3, 0.4) is 0 Å². The van der Waals surface area contributed by atoms with Crippen molar-refractivity contribution >= 4 is 11.8 Å². The molecule has 1 spiro atoms. The summed E-state index contributed by atoms with van der Waals surface area (Å²) in [6.07, 6.45) is 9.96. The number of esters is 1. The van der Waals surface area contributed by atoms with Gasteiger partial charge in [-0.05, 0) is 74.2 Å². The fraction of sp³-hybridized carbons (Fsp3) is 0.826. The van der Waals surface area contributed by atoms with Crippen LogP contribution in [0.2, 0.25) is 0 Å². The van der Waals surface area contributed by atoms with Crippen LogP contribution in [-0.2, 0) is 19.1 Å². The summed E-state index contributed by atoms with van der Waals surface area (Å²) in [6.45, 7) is 8.03. The van der Waals surface area contributed by atoms with Gasteiger partial charge >= 0.3 is 5.97 Å². The minimum atomic E-state index is -0.173. The van der Waals surface area contributed by atoms with Gasteiger partial charge in [0, 0.05) is 18.8 Å². The number of Topliss-reactive ketones (excluding diaryl/α,β-unsaturated/α-hetero) is 1. The van der Waals surface area contributed by atoms with Gasteiger partial charge in [-0.25, -0.2) is 0 Å². The van der Waals surface area contributed by atoms with E-state index < -0.39 is 0 Å². The van der Waals surface area contributed by atoms with Gasteiger partial charge in [0.2, 0.25) is 0 Å². The number of rotatable bonds is 2. The minimum absolute atomic E-state index is 0.0171. The van der Waals surface area contributed by atoms with Gasteiger partial charge in [-0.1, -0.05) is 19.9 Å². The minimum Gasteiger partial charge on any atom is -0.462 e. The molecule has 0 aromatic carbocycles. The Bertz CT molecular complexity index is 741. The zero-order valence-electron chi connectivity index (χ0n) is 17.0. The number of hydrogen-bond donors (Lipinski definition) is 0. The summed E-state index contributed by atoms with van der Waals surface area (Å²) in [4.78, 5) is 23.7. The monoisotopic (exact) mass is 372 g/mol. The van der Waals surface area contributed by atoms with Gasteiger partial charge in [-0.2, -0.15) is 0 Å². The van der Waals surface area contributed by atoms with Crippen LogP contribution in [-0.4, -0.2) is 29.6 Å². The highest BCUT2D eigenvalue weighted by Gasteiger charge is 2.76. The number of epoxide rings is 1. The molecule has 0 aromatic rings. The van der Waals surface area contributed by atoms with E-state index in [4.69, 9.17) is 9.47 Å². The van der Waals surface area contributed by atoms with Crippen molar-refractivity contribution in [3.8, 4) is 0 Å². The molecule has 4 heteroatoms. The summed E-state index contributed by atoms with van der Waals surface area (Å²) in [5.41, 5.74) is 1.25. The molecular weight excluding hydrogens is 340 g/mol. The first kappa shape index (κ1) is 17.9. The van der Waals surface area contributed by atoms with E-state index in [1.165, 1.54) is 13.3 Å². The van der Waals surface area contributed by atoms with Gasteiger partial charge in [-0.3, -0.25) is 9.59 Å². The molecule has 5 rings (SSSR count). The van der Waals surface area contributed by atoms with Crippen LogP contribution in [0.5, 0.6) is 0 Å². The van der Waals surface area contributed by atoms with Gasteiger partial charge in [0.25, 0.3) is 0 Å². The van der Waals surface area contributed by atoms with E-state index in [9.17, 15) is 9.59 Å². The number of ketones is 1. The second-order valence-corrected chi connectivity index (χ2v) is 10.4. The van der Waals surface area contributed by atoms with Crippen molar-refractivity contribution in [2.45, 2.75) is 90.4 Å². The molecular formula is C23H32O4. The Morgan fingerprint density at radius 1 is 1.15 bits per heavy atom. The van der Waals surface area contributed by atoms with Crippen LogP contribution in [0.15, 0.2) is 11.6 Å². The maximum atomic E-state index is 12.2. The second-order valence-electron chi connectivity index (χ2n) is 10.4. The molecule has 3 unspecified atom stereocenters. The highest BCUT2D eigenvalue weighted by atomic mass is 16.6. The van der Waals surface area contributed by atoms with Crippen molar-refractivity contribution in [2.24, 2.45) is 28.6 Å². The smallest absolute Gasteiger partial charge is 0.302 e. The molecule has 4 nitrogen and oxygen atoms in total. The van der Waals surface area contributed by atoms with Crippen molar-refractivity contribution in [3.05, 3.63) is 11.6 Å². The maximum absolute atomic E-state index is 12.2. The third kappa shape index (κ3) is 2.19. The molecule has 0 bridgehead atoms. The summed E-state index contributed by atoms with van der Waals surface area (Å²) in [5.74, 6) is 1.98. The molecule has 3 saturated carbocycles. The lowest BCUT2D eigenvalue weighted by atomic mass is 9.44. The molecule has 1 aliphatic heterocycles. The molecule has 148 valence electrons. The Labute approximate surface area is 162 Å². The Hall–Kier alpha value is -1.16. The highest BCUT2D eigenvalue weighted by Crippen LogP contribution is 2.73. The van der Waals surface area contributed by atoms with Crippen molar-refractivity contribution in [2.75, 3.05) is 0 Å². The third-order valence-corrected chi connectivity index (χ3v) is 9.33. The second kappa shape index (κ2) is 5.46. The van der Waals surface area contributed by atoms with E-state index in [0.29, 0.717) is 23.9 Å². The van der Waals surface area contributed by atoms with Crippen LogP contribution >= 0.6 is 0 Å². The van der Waals surface area contributed by atoms with E-state index in [2.05, 4.69) is 19.9 Å². The van der Waals surface area contributed by atoms with E-state index in [0.717, 1.165) is 44.1 Å². The van der Waals surface area contributed by atoms with E-state index >= 15 is 0 Å². The van der Waals surface area contributed by atoms with Crippen molar-refractivity contribution in [3.63, 3.8) is 0 Å². The van der Waals surface area contributed by atoms with Gasteiger partial charge < -0.3 is 9.47 Å². The van der Waals surface area contributed by atoms with Crippen molar-refractivity contribution < 1.29 is 19.1 Å². The van der Waals surface area contributed by atoms with Gasteiger partial charge in [0.05, 0.1) is 6.10 Å². The first-order valence-electron chi connectivity index (χ1n) is 10.8. The first-order chi connectivity index (χ1) is 12.7. The number of allylic oxidation sites excluding steroid dienone is 2. The molecule has 0 aromatic heterocycles. The van der Waals surface area contributed by atoms with Crippen LogP contribution < -0.4 is 0 Å². The van der Waals surface area contributed by atoms with Crippen LogP contribution in [0.25, 0.3) is 0 Å². The Morgan fingerprint density at radius 3 is 2.63 bits per heavy atom. The zero-order valence-corrected chi connectivity index (χ0v) is 17.0. The Morgan fingerprint density at radius 2 is 1.93 bits per heavy atom. The lowest BCUT2D eigenvalue weighted by Gasteiger charge is -2.59. The van der Waals surface area contributed by atoms with Crippen LogP contribution in [0.1, 0.15) is 72.6 Å². The predicted molar refractivity (Wildman–Crippen MR) is 101 cm³/mol. The number of carbonyl (C=O) groups excluding carboxylic acids is 2. The van der Waals surface area contributed by atoms with Gasteiger partial charge in [-0.15, -0.1) is 0 Å². The Kier molecular flexibility index (Phi) is 3.62. The SMILES string of the molecule is CC(=O)OC1CC[C@]2(C)[C@H]3CC[C@]4(C)C(C(C)=O)=CC[C@H]4[C@@H]3CC3OC32C1. The number of carbonyl (C=O) groups is 2. The number of hydrogen-bond acceptors (Lipinski definition) is 4. The van der Waals surface area contributed by atoms with Crippen molar-refractivity contribution in [1.82, 2.24) is 0 Å². The fourth-order valence-electron chi connectivity index (χ4n) is 8.09. The molecule has 1 heterocycles. The van der Waals surface area contributed by atoms with Gasteiger partial charge in [0.15, 0.2) is 5.78 Å². The van der Waals surface area contributed by atoms with Crippen molar-refractivity contribution in [1.29, 1.82) is 0 Å². The van der Waals surface area contributed by atoms with Gasteiger partial charge in [0.1, 0.15) is 11.7 Å². The highest BCUT2D eigenvalue weighted by molar-refractivity contribution is 5.95. The fourth-order valence-corrected chi connectivity index (χ4v) is 8.09. The first-order valence-corrected chi connectivity index (χ1v) is 10.8.